The second-order valence-corrected chi connectivity index (χ2v) is 3.40. The molecule has 0 heterocycles. The molecule has 0 radical (unpaired) electrons. The number of phenolic OH excluding ortho intramolecular Hbond substituents is 2. The Morgan fingerprint density at radius 1 is 0.643 bits per heavy atom. The lowest BCUT2D eigenvalue weighted by molar-refractivity contribution is 0.459. The van der Waals surface area contributed by atoms with Crippen LogP contribution in [0.1, 0.15) is 0 Å². The molecule has 0 spiro atoms. The highest BCUT2D eigenvalue weighted by atomic mass is 16.3. The molecule has 2 heteroatoms. The smallest absolute Gasteiger partial charge is 0.124 e. The summed E-state index contributed by atoms with van der Waals surface area (Å²) in [5.74, 6) is 0.466. The van der Waals surface area contributed by atoms with Crippen molar-refractivity contribution >= 4 is 0 Å². The van der Waals surface area contributed by atoms with Crippen molar-refractivity contribution in [2.45, 2.75) is 0 Å². The van der Waals surface area contributed by atoms with Gasteiger partial charge < -0.3 is 10.2 Å². The lowest BCUT2D eigenvalue weighted by Gasteiger charge is -2.07. The van der Waals surface area contributed by atoms with Crippen LogP contribution in [0.2, 0.25) is 0 Å². The number of hydrogen-bond donors (Lipinski definition) is 2. The van der Waals surface area contributed by atoms with Gasteiger partial charge in [-0.3, -0.25) is 0 Å². The first kappa shape index (κ1) is 7.44. The normalized spacial score (nSPS) is 11.4. The van der Waals surface area contributed by atoms with Crippen LogP contribution in [0.3, 0.4) is 0 Å². The minimum absolute atomic E-state index is 0.233. The van der Waals surface area contributed by atoms with Gasteiger partial charge >= 0.3 is 0 Å². The van der Waals surface area contributed by atoms with E-state index in [1.807, 2.05) is 12.1 Å². The Bertz CT molecular complexity index is 641. The molecule has 0 atom stereocenters. The Labute approximate surface area is 79.7 Å². The lowest BCUT2D eigenvalue weighted by Crippen LogP contribution is -1.91. The van der Waals surface area contributed by atoms with Gasteiger partial charge in [0.05, 0.1) is 0 Å². The Balaban J connectivity index is 2.73. The molecule has 0 unspecified atom stereocenters. The Kier molecular flexibility index (Phi) is 1.22. The van der Waals surface area contributed by atoms with Gasteiger partial charge in [0.1, 0.15) is 11.5 Å². The van der Waals surface area contributed by atoms with E-state index in [1.54, 1.807) is 24.3 Å². The minimum Gasteiger partial charge on any atom is -0.507 e. The Hall–Kier alpha value is -1.96. The van der Waals surface area contributed by atoms with Crippen molar-refractivity contribution in [3.05, 3.63) is 57.3 Å². The summed E-state index contributed by atoms with van der Waals surface area (Å²) in [6.45, 7) is 0. The summed E-state index contributed by atoms with van der Waals surface area (Å²) in [5.41, 5.74) is 0. The van der Waals surface area contributed by atoms with Gasteiger partial charge in [-0.2, -0.15) is 0 Å². The lowest BCUT2D eigenvalue weighted by atomic mass is 10.0. The van der Waals surface area contributed by atoms with Crippen molar-refractivity contribution < 1.29 is 10.2 Å². The third kappa shape index (κ3) is 0.708. The maximum absolute atomic E-state index is 9.61. The maximum atomic E-state index is 9.61. The van der Waals surface area contributed by atoms with Crippen LogP contribution in [-0.2, 0) is 0 Å². The van der Waals surface area contributed by atoms with Gasteiger partial charge in [0.25, 0.3) is 0 Å². The van der Waals surface area contributed by atoms with E-state index in [0.717, 1.165) is 20.9 Å². The molecule has 2 nitrogen and oxygen atoms in total. The van der Waals surface area contributed by atoms with Crippen LogP contribution in [-0.4, -0.2) is 10.2 Å². The highest BCUT2D eigenvalue weighted by Crippen LogP contribution is 2.25. The van der Waals surface area contributed by atoms with Gasteiger partial charge in [-0.25, -0.2) is 0 Å². The fourth-order valence-electron chi connectivity index (χ4n) is 1.99. The molecule has 14 heavy (non-hydrogen) atoms. The molecular weight excluding hydrogens is 176 g/mol. The number of phenols is 2. The summed E-state index contributed by atoms with van der Waals surface area (Å²) >= 11 is 0. The fourth-order valence-corrected chi connectivity index (χ4v) is 1.99. The second kappa shape index (κ2) is 2.29. The molecule has 2 aromatic carbocycles. The first-order valence-corrected chi connectivity index (χ1v) is 4.44. The van der Waals surface area contributed by atoms with Gasteiger partial charge in [0.15, 0.2) is 0 Å². The van der Waals surface area contributed by atoms with Crippen LogP contribution in [0.4, 0.5) is 0 Å². The van der Waals surface area contributed by atoms with Crippen LogP contribution in [0.5, 0.6) is 11.5 Å². The van der Waals surface area contributed by atoms with Gasteiger partial charge in [-0.05, 0) is 22.6 Å². The second-order valence-electron chi connectivity index (χ2n) is 3.40. The van der Waals surface area contributed by atoms with E-state index in [-0.39, 0.29) is 11.5 Å². The predicted molar refractivity (Wildman–Crippen MR) is 51.6 cm³/mol. The average Bonchev–Trinajstić information content (AvgIpc) is 2.14. The zero-order valence-corrected chi connectivity index (χ0v) is 7.36. The molecule has 0 aliphatic heterocycles. The Morgan fingerprint density at radius 3 is 1.50 bits per heavy atom. The molecule has 3 rings (SSSR count). The van der Waals surface area contributed by atoms with Crippen molar-refractivity contribution in [1.82, 2.24) is 0 Å². The van der Waals surface area contributed by atoms with Crippen molar-refractivity contribution in [3.63, 3.8) is 0 Å². The zero-order valence-electron chi connectivity index (χ0n) is 7.36. The van der Waals surface area contributed by atoms with E-state index in [2.05, 4.69) is 0 Å². The van der Waals surface area contributed by atoms with Gasteiger partial charge in [-0.1, -0.05) is 24.3 Å². The first-order chi connectivity index (χ1) is 6.79. The average molecular weight is 184 g/mol. The van der Waals surface area contributed by atoms with Crippen LogP contribution in [0.15, 0.2) is 36.4 Å². The van der Waals surface area contributed by atoms with E-state index in [4.69, 9.17) is 0 Å². The zero-order chi connectivity index (χ0) is 9.71. The molecule has 0 bridgehead atoms. The summed E-state index contributed by atoms with van der Waals surface area (Å²) in [6, 6.07) is 10.8. The van der Waals surface area contributed by atoms with E-state index in [9.17, 15) is 10.2 Å². The summed E-state index contributed by atoms with van der Waals surface area (Å²) in [7, 11) is 0. The standard InChI is InChI=1S/C12H8O2/c13-9-5-1-3-7-8-4-2-6-10(14)12(8)11(7)9/h1-6,13-14H. The third-order valence-electron chi connectivity index (χ3n) is 2.63. The molecule has 2 N–H and O–H groups in total. The monoisotopic (exact) mass is 184 g/mol. The summed E-state index contributed by atoms with van der Waals surface area (Å²) < 4.78 is 0. The molecule has 0 amide bonds. The van der Waals surface area contributed by atoms with E-state index in [0.29, 0.717) is 0 Å². The molecule has 1 aliphatic carbocycles. The number of aromatic hydroxyl groups is 2. The third-order valence-corrected chi connectivity index (χ3v) is 2.63. The van der Waals surface area contributed by atoms with Crippen LogP contribution in [0, 0.1) is 20.9 Å². The van der Waals surface area contributed by atoms with Gasteiger partial charge in [0, 0.05) is 10.4 Å². The van der Waals surface area contributed by atoms with Crippen LogP contribution < -0.4 is 0 Å². The maximum Gasteiger partial charge on any atom is 0.124 e. The summed E-state index contributed by atoms with van der Waals surface area (Å²) in [4.78, 5) is 0. The number of benzene rings is 2. The van der Waals surface area contributed by atoms with Gasteiger partial charge in [-0.15, -0.1) is 0 Å². The number of rotatable bonds is 0. The molecule has 0 saturated heterocycles. The van der Waals surface area contributed by atoms with E-state index in [1.165, 1.54) is 0 Å². The van der Waals surface area contributed by atoms with Crippen LogP contribution >= 0.6 is 0 Å². The molecule has 2 aromatic rings. The van der Waals surface area contributed by atoms with Crippen molar-refractivity contribution in [1.29, 1.82) is 0 Å². The van der Waals surface area contributed by atoms with E-state index >= 15 is 0 Å². The molecule has 68 valence electrons. The molecule has 0 aromatic heterocycles. The first-order valence-electron chi connectivity index (χ1n) is 4.44. The topological polar surface area (TPSA) is 40.5 Å². The minimum atomic E-state index is 0.233. The summed E-state index contributed by atoms with van der Waals surface area (Å²) in [5, 5.41) is 22.8. The Morgan fingerprint density at radius 2 is 1.07 bits per heavy atom. The van der Waals surface area contributed by atoms with Crippen molar-refractivity contribution in [2.75, 3.05) is 0 Å². The fraction of sp³-hybridized carbons (Fsp3) is 0. The molecule has 1 aliphatic rings. The van der Waals surface area contributed by atoms with Crippen molar-refractivity contribution in [2.24, 2.45) is 0 Å². The van der Waals surface area contributed by atoms with E-state index < -0.39 is 0 Å². The molecule has 0 saturated carbocycles. The number of fused-ring (bicyclic) bond motifs is 2. The van der Waals surface area contributed by atoms with Crippen molar-refractivity contribution in [3.8, 4) is 11.5 Å². The SMILES string of the molecule is Oc1cccc2c1=c1c(O)cccc1=2. The highest BCUT2D eigenvalue weighted by Gasteiger charge is 2.08. The number of hydrogen-bond acceptors (Lipinski definition) is 2. The summed E-state index contributed by atoms with van der Waals surface area (Å²) in [6.07, 6.45) is 0. The van der Waals surface area contributed by atoms with Crippen LogP contribution in [0.25, 0.3) is 0 Å². The quantitative estimate of drug-likeness (QED) is 0.561. The predicted octanol–water partition coefficient (Wildman–Crippen LogP) is 1.99. The largest absolute Gasteiger partial charge is 0.507 e. The molecular formula is C12H8O2. The highest BCUT2D eigenvalue weighted by molar-refractivity contribution is 5.41. The van der Waals surface area contributed by atoms with Gasteiger partial charge in [0.2, 0.25) is 0 Å². The molecule has 0 fully saturated rings.